The molecule has 1 aromatic carbocycles. The van der Waals surface area contributed by atoms with Crippen molar-refractivity contribution in [2.75, 3.05) is 7.11 Å². The number of methoxy groups -OCH3 is 1. The molecule has 0 fully saturated rings. The van der Waals surface area contributed by atoms with Gasteiger partial charge in [0.15, 0.2) is 0 Å². The first-order valence-corrected chi connectivity index (χ1v) is 5.39. The maximum Gasteiger partial charge on any atom is 0.340 e. The van der Waals surface area contributed by atoms with Gasteiger partial charge in [-0.1, -0.05) is 15.9 Å². The van der Waals surface area contributed by atoms with Gasteiger partial charge in [0.05, 0.1) is 18.2 Å². The summed E-state index contributed by atoms with van der Waals surface area (Å²) in [6.07, 6.45) is 0. The van der Waals surface area contributed by atoms with Crippen LogP contribution in [0.15, 0.2) is 16.6 Å². The lowest BCUT2D eigenvalue weighted by atomic mass is 10.1. The summed E-state index contributed by atoms with van der Waals surface area (Å²) < 4.78 is 18.8. The molecule has 0 saturated carbocycles. The number of H-pyrrole nitrogens is 1. The Morgan fingerprint density at radius 3 is 2.81 bits per heavy atom. The summed E-state index contributed by atoms with van der Waals surface area (Å²) in [6, 6.07) is 3.04. The molecule has 3 nitrogen and oxygen atoms in total. The Kier molecular flexibility index (Phi) is 2.71. The minimum atomic E-state index is -0.471. The Balaban J connectivity index is 2.83. The van der Waals surface area contributed by atoms with Gasteiger partial charge >= 0.3 is 5.97 Å². The number of rotatable bonds is 1. The highest BCUT2D eigenvalue weighted by atomic mass is 79.9. The van der Waals surface area contributed by atoms with Crippen LogP contribution in [0.2, 0.25) is 0 Å². The van der Waals surface area contributed by atoms with Gasteiger partial charge in [0, 0.05) is 15.6 Å². The normalized spacial score (nSPS) is 10.8. The molecule has 0 spiro atoms. The molecule has 0 amide bonds. The molecule has 1 heterocycles. The molecular formula is C11H9BrFNO2. The standard InChI is InChI=1S/C11H9BrFNO2/c1-5-9(11(15)16-2)7-3-6(12)4-8(13)10(7)14-5/h3-4,14H,1-2H3. The molecule has 0 saturated heterocycles. The zero-order valence-electron chi connectivity index (χ0n) is 8.73. The Bertz CT molecular complexity index is 577. The van der Waals surface area contributed by atoms with E-state index in [9.17, 15) is 9.18 Å². The van der Waals surface area contributed by atoms with Crippen LogP contribution in [0.4, 0.5) is 4.39 Å². The van der Waals surface area contributed by atoms with Crippen LogP contribution in [-0.4, -0.2) is 18.1 Å². The number of esters is 1. The van der Waals surface area contributed by atoms with E-state index < -0.39 is 11.8 Å². The van der Waals surface area contributed by atoms with E-state index in [4.69, 9.17) is 0 Å². The third kappa shape index (κ3) is 1.61. The number of halogens is 2. The average molecular weight is 286 g/mol. The second-order valence-corrected chi connectivity index (χ2v) is 4.34. The topological polar surface area (TPSA) is 42.1 Å². The first-order chi connectivity index (χ1) is 7.54. The zero-order valence-corrected chi connectivity index (χ0v) is 10.3. The van der Waals surface area contributed by atoms with E-state index in [1.165, 1.54) is 13.2 Å². The number of benzene rings is 1. The van der Waals surface area contributed by atoms with E-state index in [1.54, 1.807) is 13.0 Å². The fourth-order valence-electron chi connectivity index (χ4n) is 1.71. The molecule has 0 aliphatic carbocycles. The van der Waals surface area contributed by atoms with Gasteiger partial charge in [-0.2, -0.15) is 0 Å². The van der Waals surface area contributed by atoms with Crippen LogP contribution in [0.5, 0.6) is 0 Å². The zero-order chi connectivity index (χ0) is 11.9. The molecular weight excluding hydrogens is 277 g/mol. The van der Waals surface area contributed by atoms with Crippen molar-refractivity contribution in [2.45, 2.75) is 6.92 Å². The van der Waals surface area contributed by atoms with Gasteiger partial charge in [0.2, 0.25) is 0 Å². The van der Waals surface area contributed by atoms with Crippen molar-refractivity contribution < 1.29 is 13.9 Å². The third-order valence-electron chi connectivity index (χ3n) is 2.40. The van der Waals surface area contributed by atoms with Crippen LogP contribution in [-0.2, 0) is 4.74 Å². The van der Waals surface area contributed by atoms with Crippen molar-refractivity contribution >= 4 is 32.8 Å². The molecule has 1 aromatic heterocycles. The molecule has 0 radical (unpaired) electrons. The highest BCUT2D eigenvalue weighted by molar-refractivity contribution is 9.10. The number of fused-ring (bicyclic) bond motifs is 1. The lowest BCUT2D eigenvalue weighted by Crippen LogP contribution is -2.02. The highest BCUT2D eigenvalue weighted by Crippen LogP contribution is 2.28. The van der Waals surface area contributed by atoms with Gasteiger partial charge in [0.1, 0.15) is 5.82 Å². The van der Waals surface area contributed by atoms with E-state index in [2.05, 4.69) is 25.7 Å². The summed E-state index contributed by atoms with van der Waals surface area (Å²) in [5.41, 5.74) is 1.29. The first kappa shape index (κ1) is 11.1. The quantitative estimate of drug-likeness (QED) is 0.818. The van der Waals surface area contributed by atoms with E-state index >= 15 is 0 Å². The van der Waals surface area contributed by atoms with Crippen LogP contribution in [0, 0.1) is 12.7 Å². The molecule has 84 valence electrons. The number of aryl methyl sites for hydroxylation is 1. The molecule has 0 unspecified atom stereocenters. The third-order valence-corrected chi connectivity index (χ3v) is 2.86. The van der Waals surface area contributed by atoms with E-state index in [-0.39, 0.29) is 0 Å². The van der Waals surface area contributed by atoms with Crippen molar-refractivity contribution in [2.24, 2.45) is 0 Å². The number of hydrogen-bond acceptors (Lipinski definition) is 2. The van der Waals surface area contributed by atoms with Crippen LogP contribution < -0.4 is 0 Å². The van der Waals surface area contributed by atoms with Crippen molar-refractivity contribution in [1.29, 1.82) is 0 Å². The monoisotopic (exact) mass is 285 g/mol. The summed E-state index contributed by atoms with van der Waals surface area (Å²) in [7, 11) is 1.30. The van der Waals surface area contributed by atoms with E-state index in [0.717, 1.165) is 0 Å². The molecule has 5 heteroatoms. The number of ether oxygens (including phenoxy) is 1. The Morgan fingerprint density at radius 2 is 2.19 bits per heavy atom. The van der Waals surface area contributed by atoms with E-state index in [1.807, 2.05) is 0 Å². The number of carbonyl (C=O) groups excluding carboxylic acids is 1. The maximum absolute atomic E-state index is 13.6. The van der Waals surface area contributed by atoms with Crippen molar-refractivity contribution in [3.63, 3.8) is 0 Å². The second-order valence-electron chi connectivity index (χ2n) is 3.43. The van der Waals surface area contributed by atoms with Crippen LogP contribution >= 0.6 is 15.9 Å². The number of carbonyl (C=O) groups is 1. The summed E-state index contributed by atoms with van der Waals surface area (Å²) in [5, 5.41) is 0.524. The molecule has 1 N–H and O–H groups in total. The molecule has 0 bridgehead atoms. The number of aromatic amines is 1. The Labute approximate surface area is 99.7 Å². The predicted molar refractivity (Wildman–Crippen MR) is 62.0 cm³/mol. The van der Waals surface area contributed by atoms with Crippen LogP contribution in [0.25, 0.3) is 10.9 Å². The summed E-state index contributed by atoms with van der Waals surface area (Å²) >= 11 is 3.19. The molecule has 16 heavy (non-hydrogen) atoms. The van der Waals surface area contributed by atoms with Gasteiger partial charge in [-0.3, -0.25) is 0 Å². The largest absolute Gasteiger partial charge is 0.465 e. The summed E-state index contributed by atoms with van der Waals surface area (Å²) in [6.45, 7) is 1.71. The van der Waals surface area contributed by atoms with E-state index in [0.29, 0.717) is 26.6 Å². The number of nitrogens with one attached hydrogen (secondary N) is 1. The SMILES string of the molecule is COC(=O)c1c(C)[nH]c2c(F)cc(Br)cc12. The van der Waals surface area contributed by atoms with Crippen molar-refractivity contribution in [3.8, 4) is 0 Å². The number of aromatic nitrogens is 1. The van der Waals surface area contributed by atoms with Gasteiger partial charge in [0.25, 0.3) is 0 Å². The highest BCUT2D eigenvalue weighted by Gasteiger charge is 2.18. The lowest BCUT2D eigenvalue weighted by molar-refractivity contribution is 0.0602. The van der Waals surface area contributed by atoms with Gasteiger partial charge in [-0.05, 0) is 19.1 Å². The predicted octanol–water partition coefficient (Wildman–Crippen LogP) is 3.16. The molecule has 0 aliphatic heterocycles. The molecule has 2 aromatic rings. The fraction of sp³-hybridized carbons (Fsp3) is 0.182. The second kappa shape index (κ2) is 3.90. The van der Waals surface area contributed by atoms with Gasteiger partial charge < -0.3 is 9.72 Å². The first-order valence-electron chi connectivity index (χ1n) is 4.60. The Morgan fingerprint density at radius 1 is 1.50 bits per heavy atom. The minimum absolute atomic E-state index is 0.320. The van der Waals surface area contributed by atoms with Crippen molar-refractivity contribution in [3.05, 3.63) is 33.7 Å². The molecule has 2 rings (SSSR count). The minimum Gasteiger partial charge on any atom is -0.465 e. The maximum atomic E-state index is 13.6. The van der Waals surface area contributed by atoms with Crippen LogP contribution in [0.1, 0.15) is 16.1 Å². The Hall–Kier alpha value is -1.36. The number of hydrogen-bond donors (Lipinski definition) is 1. The fourth-order valence-corrected chi connectivity index (χ4v) is 2.14. The van der Waals surface area contributed by atoms with Gasteiger partial charge in [-0.15, -0.1) is 0 Å². The van der Waals surface area contributed by atoms with Crippen molar-refractivity contribution in [1.82, 2.24) is 4.98 Å². The average Bonchev–Trinajstić information content (AvgIpc) is 2.54. The molecule has 0 aliphatic rings. The van der Waals surface area contributed by atoms with Crippen LogP contribution in [0.3, 0.4) is 0 Å². The summed E-state index contributed by atoms with van der Waals surface area (Å²) in [4.78, 5) is 14.4. The van der Waals surface area contributed by atoms with Gasteiger partial charge in [-0.25, -0.2) is 9.18 Å². The molecule has 0 atom stereocenters. The lowest BCUT2D eigenvalue weighted by Gasteiger charge is -1.99. The summed E-state index contributed by atoms with van der Waals surface area (Å²) in [5.74, 6) is -0.871. The smallest absolute Gasteiger partial charge is 0.340 e.